The molecule has 0 N–H and O–H groups in total. The molecule has 19 heteroatoms. The molecule has 4 aliphatic rings. The highest BCUT2D eigenvalue weighted by Crippen LogP contribution is 2.18. The molecule has 94 heavy (non-hydrogen) atoms. The number of aryl methyl sites for hydroxylation is 10. The van der Waals surface area contributed by atoms with Crippen LogP contribution >= 0.6 is 0 Å². The molecule has 468 valence electrons. The van der Waals surface area contributed by atoms with Crippen molar-refractivity contribution < 1.29 is 48.3 Å². The lowest BCUT2D eigenvalue weighted by Gasteiger charge is -2.24. The van der Waals surface area contributed by atoms with Crippen molar-refractivity contribution in [2.24, 2.45) is 28.2 Å². The van der Waals surface area contributed by atoms with Gasteiger partial charge >= 0.3 is 27.4 Å². The van der Waals surface area contributed by atoms with Gasteiger partial charge in [0.25, 0.3) is 0 Å². The standard InChI is InChI=1S/C20H22BN2O.C19H21BN3O.2C18H19BN3O/c1-13-10-19(22(4)11-14(13)2)21-15(3)20-17(12-23(21)5)16-8-6-7-9-18(16)24-20;1-12-9-17(22(4)10-13(12)2)20-14(3)18-15-7-6-8-21-19(15)24-16(18)11-23(20)5;1-12-7-8-16(21(3)10-12)19-13(2)17-14-6-5-9-20-18(14)23-15(17)11-22(19)4;1-12-7-9-21(3)16(10-12)19-13(2)17-14-6-5-8-20-18(14)23-15(17)11-22(19)4/h6-12H,1-5H3;6-11H,1-5H3;2*5-11H,1-4H3/q4*+1/i2*2D3;1D3;. The van der Waals surface area contributed by atoms with Crippen LogP contribution in [0.25, 0.3) is 91.0 Å². The van der Waals surface area contributed by atoms with Gasteiger partial charge < -0.3 is 36.9 Å². The van der Waals surface area contributed by atoms with Gasteiger partial charge in [0.05, 0.1) is 0 Å². The summed E-state index contributed by atoms with van der Waals surface area (Å²) in [6.45, 7) is 8.10. The van der Waals surface area contributed by atoms with Crippen LogP contribution in [-0.2, 0) is 28.2 Å². The molecule has 11 aromatic heterocycles. The number of para-hydroxylation sites is 1. The smallest absolute Gasteiger partial charge is 0.402 e. The van der Waals surface area contributed by atoms with E-state index in [1.54, 1.807) is 43.2 Å². The fourth-order valence-electron chi connectivity index (χ4n) is 14.3. The van der Waals surface area contributed by atoms with E-state index in [-0.39, 0.29) is 27.4 Å². The summed E-state index contributed by atoms with van der Waals surface area (Å²) in [5.41, 5.74) is 19.2. The van der Waals surface area contributed by atoms with Gasteiger partial charge in [-0.3, -0.25) is 0 Å². The van der Waals surface area contributed by atoms with Crippen LogP contribution in [0, 0.1) is 41.3 Å². The Morgan fingerprint density at radius 1 is 0.394 bits per heavy atom. The number of furan rings is 4. The quantitative estimate of drug-likeness (QED) is 0.191. The minimum Gasteiger partial charge on any atom is -0.457 e. The van der Waals surface area contributed by atoms with Gasteiger partial charge in [0, 0.05) is 133 Å². The maximum Gasteiger partial charge on any atom is 0.402 e. The lowest BCUT2D eigenvalue weighted by molar-refractivity contribution is -0.654. The number of hydrogen-bond acceptors (Lipinski definition) is 11. The molecule has 0 saturated heterocycles. The van der Waals surface area contributed by atoms with E-state index < -0.39 is 20.6 Å². The maximum atomic E-state index is 7.75. The summed E-state index contributed by atoms with van der Waals surface area (Å²) in [6.07, 6.45) is 20.7. The van der Waals surface area contributed by atoms with E-state index in [9.17, 15) is 0 Å². The van der Waals surface area contributed by atoms with Crippen LogP contribution < -0.4 is 83.2 Å². The van der Waals surface area contributed by atoms with Gasteiger partial charge in [-0.25, -0.2) is 33.2 Å². The largest absolute Gasteiger partial charge is 0.457 e. The summed E-state index contributed by atoms with van der Waals surface area (Å²) in [4.78, 5) is 21.6. The van der Waals surface area contributed by atoms with E-state index in [2.05, 4.69) is 130 Å². The normalized spacial score (nSPS) is 16.0. The highest BCUT2D eigenvalue weighted by Gasteiger charge is 2.39. The zero-order chi connectivity index (χ0) is 73.8. The zero-order valence-corrected chi connectivity index (χ0v) is 56.0. The van der Waals surface area contributed by atoms with Gasteiger partial charge in [-0.15, -0.1) is 0 Å². The Morgan fingerprint density at radius 2 is 0.819 bits per heavy atom. The SMILES string of the molecule is CC1=c2c(oc3ncccc23)=CN(C)B1c1cc(C)cc[n+]1C.[2H]C([2H])([2H])c1c[n+](C)c(B2C(C)=c3c(oc4ncccc34)=CN2C)cc1C.[2H]C([2H])([2H])c1c[n+](C)c(B2C(C)=c3oc4ccccc4c3=CN2C)cc1C.[2H]C([2H])([2H])c1ccc(B2C(C)=c3c(oc4ncccc34)=CN2C)[n+](C)c1. The van der Waals surface area contributed by atoms with Crippen LogP contribution in [0.1, 0.15) is 73.4 Å². The first-order chi connectivity index (χ1) is 48.7. The second-order valence-electron chi connectivity index (χ2n) is 25.5. The Hall–Kier alpha value is -10.2. The monoisotopic (exact) mass is 1250 g/mol. The second-order valence-corrected chi connectivity index (χ2v) is 25.5. The van der Waals surface area contributed by atoms with E-state index in [1.807, 2.05) is 149 Å². The Morgan fingerprint density at radius 3 is 1.29 bits per heavy atom. The zero-order valence-electron chi connectivity index (χ0n) is 65.0. The molecule has 12 aromatic rings. The molecule has 4 aliphatic heterocycles. The van der Waals surface area contributed by atoms with Crippen molar-refractivity contribution in [1.82, 2.24) is 34.2 Å². The van der Waals surface area contributed by atoms with Crippen molar-refractivity contribution in [3.05, 3.63) is 216 Å². The molecule has 1 aromatic carbocycles. The third kappa shape index (κ3) is 11.1. The predicted octanol–water partition coefficient (Wildman–Crippen LogP) is 2.23. The first-order valence-corrected chi connectivity index (χ1v) is 31.4. The van der Waals surface area contributed by atoms with Gasteiger partial charge in [-0.2, -0.15) is 0 Å². The van der Waals surface area contributed by atoms with E-state index >= 15 is 0 Å². The summed E-state index contributed by atoms with van der Waals surface area (Å²) < 4.78 is 101. The van der Waals surface area contributed by atoms with Gasteiger partial charge in [-0.1, -0.05) is 34.6 Å². The molecule has 0 bridgehead atoms. The maximum absolute atomic E-state index is 7.75. The fourth-order valence-corrected chi connectivity index (χ4v) is 14.3. The number of benzene rings is 1. The van der Waals surface area contributed by atoms with Gasteiger partial charge in [0.1, 0.15) is 39.2 Å². The van der Waals surface area contributed by atoms with Crippen molar-refractivity contribution >= 4 is 141 Å². The van der Waals surface area contributed by atoms with Crippen molar-refractivity contribution in [3.8, 4) is 0 Å². The highest BCUT2D eigenvalue weighted by atomic mass is 16.3. The van der Waals surface area contributed by atoms with Crippen LogP contribution in [-0.4, -0.2) is 89.8 Å². The van der Waals surface area contributed by atoms with E-state index in [0.717, 1.165) is 109 Å². The van der Waals surface area contributed by atoms with Crippen molar-refractivity contribution in [3.63, 3.8) is 0 Å². The van der Waals surface area contributed by atoms with Crippen molar-refractivity contribution in [2.45, 2.75) is 69.0 Å². The molecule has 16 rings (SSSR count). The molecule has 15 heterocycles. The molecule has 0 atom stereocenters. The molecule has 0 saturated carbocycles. The Bertz CT molecular complexity index is 5990. The topological polar surface area (TPSA) is 120 Å². The summed E-state index contributed by atoms with van der Waals surface area (Å²) in [5.74, 6) is 0. The third-order valence-corrected chi connectivity index (χ3v) is 18.9. The average Bonchev–Trinajstić information content (AvgIpc) is 1.68. The van der Waals surface area contributed by atoms with Crippen LogP contribution in [0.15, 0.2) is 158 Å². The van der Waals surface area contributed by atoms with Gasteiger partial charge in [0.15, 0.2) is 63.4 Å². The molecule has 0 amide bonds. The first kappa shape index (κ1) is 52.4. The average molecular weight is 1250 g/mol. The number of fused-ring (bicyclic) bond motifs is 12. The van der Waals surface area contributed by atoms with Crippen LogP contribution in [0.5, 0.6) is 0 Å². The predicted molar refractivity (Wildman–Crippen MR) is 381 cm³/mol. The van der Waals surface area contributed by atoms with E-state index in [1.165, 1.54) is 21.8 Å². The lowest BCUT2D eigenvalue weighted by Crippen LogP contribution is -2.62. The summed E-state index contributed by atoms with van der Waals surface area (Å²) in [7, 11) is 15.9. The summed E-state index contributed by atoms with van der Waals surface area (Å²) in [5, 5.41) is 8.60. The Balaban J connectivity index is 0.000000122. The number of hydrogen-bond donors (Lipinski definition) is 0. The minimum absolute atomic E-state index is 0.0147. The highest BCUT2D eigenvalue weighted by molar-refractivity contribution is 6.87. The van der Waals surface area contributed by atoms with E-state index in [0.29, 0.717) is 33.8 Å². The molecular formula is C75H81B4N11O4+4. The first-order valence-electron chi connectivity index (χ1n) is 35.9. The molecule has 0 unspecified atom stereocenters. The summed E-state index contributed by atoms with van der Waals surface area (Å²) >= 11 is 0. The number of nitrogens with zero attached hydrogens (tertiary/aromatic N) is 11. The van der Waals surface area contributed by atoms with E-state index in [4.69, 9.17) is 30.0 Å². The molecule has 0 aliphatic carbocycles. The van der Waals surface area contributed by atoms with Crippen molar-refractivity contribution in [1.29, 1.82) is 0 Å². The van der Waals surface area contributed by atoms with Crippen LogP contribution in [0.4, 0.5) is 0 Å². The summed E-state index contributed by atoms with van der Waals surface area (Å²) in [6, 6.07) is 31.9. The number of aromatic nitrogens is 7. The number of rotatable bonds is 4. The van der Waals surface area contributed by atoms with Gasteiger partial charge in [-0.05, 0) is 180 Å². The fraction of sp³-hybridized carbons (Fsp3) is 0.240. The second kappa shape index (κ2) is 24.7. The van der Waals surface area contributed by atoms with Crippen molar-refractivity contribution in [2.75, 3.05) is 28.2 Å². The Kier molecular flexibility index (Phi) is 13.8. The van der Waals surface area contributed by atoms with Gasteiger partial charge in [0.2, 0.25) is 17.1 Å². The van der Waals surface area contributed by atoms with Crippen LogP contribution in [0.2, 0.25) is 0 Å². The Labute approximate surface area is 562 Å². The molecule has 0 radical (unpaired) electrons. The lowest BCUT2D eigenvalue weighted by atomic mass is 9.50. The van der Waals surface area contributed by atoms with Crippen LogP contribution in [0.3, 0.4) is 0 Å². The molecule has 15 nitrogen and oxygen atoms in total. The number of pyridine rings is 7. The molecule has 0 fully saturated rings. The third-order valence-electron chi connectivity index (χ3n) is 18.9. The molecular weight excluding hydrogens is 1160 g/mol. The minimum atomic E-state index is -2.12. The molecule has 0 spiro atoms.